The van der Waals surface area contributed by atoms with Crippen LogP contribution in [0.2, 0.25) is 0 Å². The first-order chi connectivity index (χ1) is 9.15. The average Bonchev–Trinajstić information content (AvgIpc) is 2.90. The zero-order valence-electron chi connectivity index (χ0n) is 10.8. The topological polar surface area (TPSA) is 79.5 Å². The normalized spacial score (nSPS) is 22.9. The highest BCUT2D eigenvalue weighted by Gasteiger charge is 2.27. The van der Waals surface area contributed by atoms with Gasteiger partial charge in [0.05, 0.1) is 12.2 Å². The van der Waals surface area contributed by atoms with Crippen LogP contribution in [0.15, 0.2) is 22.8 Å². The molecule has 1 fully saturated rings. The summed E-state index contributed by atoms with van der Waals surface area (Å²) in [6.45, 7) is 0. The summed E-state index contributed by atoms with van der Waals surface area (Å²) in [7, 11) is 0. The van der Waals surface area contributed by atoms with Crippen LogP contribution in [0.25, 0.3) is 0 Å². The maximum Gasteiger partial charge on any atom is 0.306 e. The van der Waals surface area contributed by atoms with Crippen LogP contribution in [0.5, 0.6) is 0 Å². The van der Waals surface area contributed by atoms with Crippen LogP contribution in [0.1, 0.15) is 37.9 Å². The van der Waals surface area contributed by atoms with Crippen molar-refractivity contribution in [2.24, 2.45) is 5.92 Å². The van der Waals surface area contributed by atoms with Gasteiger partial charge in [-0.2, -0.15) is 0 Å². The summed E-state index contributed by atoms with van der Waals surface area (Å²) in [4.78, 5) is 22.7. The molecule has 2 atom stereocenters. The predicted molar refractivity (Wildman–Crippen MR) is 68.6 cm³/mol. The van der Waals surface area contributed by atoms with Crippen molar-refractivity contribution in [3.05, 3.63) is 24.2 Å². The number of furan rings is 1. The van der Waals surface area contributed by atoms with Crippen LogP contribution in [0.3, 0.4) is 0 Å². The van der Waals surface area contributed by atoms with Crippen molar-refractivity contribution < 1.29 is 19.1 Å². The fourth-order valence-corrected chi connectivity index (χ4v) is 2.54. The Morgan fingerprint density at radius 2 is 2.26 bits per heavy atom. The van der Waals surface area contributed by atoms with Gasteiger partial charge in [-0.1, -0.05) is 6.42 Å². The number of carbonyl (C=O) groups is 2. The summed E-state index contributed by atoms with van der Waals surface area (Å²) in [5.41, 5.74) is 0. The molecule has 0 radical (unpaired) electrons. The van der Waals surface area contributed by atoms with E-state index in [-0.39, 0.29) is 17.9 Å². The Balaban J connectivity index is 1.74. The minimum Gasteiger partial charge on any atom is -0.481 e. The van der Waals surface area contributed by atoms with Crippen molar-refractivity contribution >= 4 is 11.9 Å². The van der Waals surface area contributed by atoms with E-state index < -0.39 is 5.97 Å². The van der Waals surface area contributed by atoms with E-state index in [1.165, 1.54) is 0 Å². The van der Waals surface area contributed by atoms with Gasteiger partial charge in [-0.3, -0.25) is 9.59 Å². The molecule has 19 heavy (non-hydrogen) atoms. The summed E-state index contributed by atoms with van der Waals surface area (Å²) in [5, 5.41) is 11.9. The fraction of sp³-hybridized carbons (Fsp3) is 0.571. The van der Waals surface area contributed by atoms with Crippen LogP contribution in [-0.4, -0.2) is 23.0 Å². The first-order valence-electron chi connectivity index (χ1n) is 6.69. The lowest BCUT2D eigenvalue weighted by Gasteiger charge is -2.27. The number of carboxylic acids is 1. The van der Waals surface area contributed by atoms with Crippen molar-refractivity contribution in [2.45, 2.75) is 44.6 Å². The molecule has 2 unspecified atom stereocenters. The van der Waals surface area contributed by atoms with E-state index in [2.05, 4.69) is 5.32 Å². The summed E-state index contributed by atoms with van der Waals surface area (Å²) < 4.78 is 5.16. The molecule has 0 aromatic carbocycles. The molecule has 0 saturated heterocycles. The lowest BCUT2D eigenvalue weighted by atomic mass is 9.86. The molecule has 0 bridgehead atoms. The third kappa shape index (κ3) is 4.12. The Bertz CT molecular complexity index is 427. The van der Waals surface area contributed by atoms with Gasteiger partial charge in [-0.05, 0) is 31.4 Å². The number of nitrogens with one attached hydrogen (secondary N) is 1. The van der Waals surface area contributed by atoms with Gasteiger partial charge < -0.3 is 14.8 Å². The quantitative estimate of drug-likeness (QED) is 0.853. The van der Waals surface area contributed by atoms with E-state index in [9.17, 15) is 9.59 Å². The number of carbonyl (C=O) groups excluding carboxylic acids is 1. The standard InChI is InChI=1S/C14H19NO4/c16-13(7-6-12-5-2-8-19-12)15-11-4-1-3-10(9-11)14(17)18/h2,5,8,10-11H,1,3-4,6-7,9H2,(H,15,16)(H,17,18). The van der Waals surface area contributed by atoms with Gasteiger partial charge in [0, 0.05) is 18.9 Å². The van der Waals surface area contributed by atoms with Crippen molar-refractivity contribution in [3.8, 4) is 0 Å². The number of amides is 1. The Kier molecular flexibility index (Phi) is 4.60. The molecular weight excluding hydrogens is 246 g/mol. The molecule has 1 aliphatic carbocycles. The Morgan fingerprint density at radius 3 is 2.95 bits per heavy atom. The second-order valence-corrected chi connectivity index (χ2v) is 5.05. The van der Waals surface area contributed by atoms with Gasteiger partial charge >= 0.3 is 5.97 Å². The maximum absolute atomic E-state index is 11.8. The molecule has 2 N–H and O–H groups in total. The second kappa shape index (κ2) is 6.41. The van der Waals surface area contributed by atoms with E-state index in [0.29, 0.717) is 25.7 Å². The van der Waals surface area contributed by atoms with Gasteiger partial charge in [0.1, 0.15) is 5.76 Å². The summed E-state index contributed by atoms with van der Waals surface area (Å²) >= 11 is 0. The van der Waals surface area contributed by atoms with Crippen LogP contribution in [-0.2, 0) is 16.0 Å². The second-order valence-electron chi connectivity index (χ2n) is 5.05. The number of aryl methyl sites for hydroxylation is 1. The summed E-state index contributed by atoms with van der Waals surface area (Å²) in [5.74, 6) is -0.312. The van der Waals surface area contributed by atoms with Gasteiger partial charge in [-0.25, -0.2) is 0 Å². The largest absolute Gasteiger partial charge is 0.481 e. The molecule has 5 nitrogen and oxygen atoms in total. The Morgan fingerprint density at radius 1 is 1.42 bits per heavy atom. The average molecular weight is 265 g/mol. The number of rotatable bonds is 5. The zero-order chi connectivity index (χ0) is 13.7. The van der Waals surface area contributed by atoms with Gasteiger partial charge in [0.2, 0.25) is 5.91 Å². The highest BCUT2D eigenvalue weighted by molar-refractivity contribution is 5.76. The molecule has 1 heterocycles. The number of aliphatic carboxylic acids is 1. The van der Waals surface area contributed by atoms with E-state index in [1.807, 2.05) is 6.07 Å². The third-order valence-electron chi connectivity index (χ3n) is 3.57. The maximum atomic E-state index is 11.8. The van der Waals surface area contributed by atoms with Crippen molar-refractivity contribution in [1.82, 2.24) is 5.32 Å². The summed E-state index contributed by atoms with van der Waals surface area (Å²) in [6.07, 6.45) is 5.54. The van der Waals surface area contributed by atoms with Gasteiger partial charge in [0.25, 0.3) is 0 Å². The predicted octanol–water partition coefficient (Wildman–Crippen LogP) is 1.97. The minimum absolute atomic E-state index is 0.000971. The third-order valence-corrected chi connectivity index (χ3v) is 3.57. The van der Waals surface area contributed by atoms with Crippen LogP contribution < -0.4 is 5.32 Å². The molecule has 2 rings (SSSR count). The Hall–Kier alpha value is -1.78. The van der Waals surface area contributed by atoms with Crippen molar-refractivity contribution in [2.75, 3.05) is 0 Å². The zero-order valence-corrected chi connectivity index (χ0v) is 10.8. The van der Waals surface area contributed by atoms with E-state index in [4.69, 9.17) is 9.52 Å². The monoisotopic (exact) mass is 265 g/mol. The molecule has 1 saturated carbocycles. The lowest BCUT2D eigenvalue weighted by Crippen LogP contribution is -2.40. The molecule has 1 aliphatic rings. The smallest absolute Gasteiger partial charge is 0.306 e. The van der Waals surface area contributed by atoms with E-state index >= 15 is 0 Å². The highest BCUT2D eigenvalue weighted by atomic mass is 16.4. The number of carboxylic acid groups (broad SMARTS) is 1. The molecule has 0 aliphatic heterocycles. The molecule has 104 valence electrons. The molecule has 1 aromatic rings. The Labute approximate surface area is 112 Å². The SMILES string of the molecule is O=C(CCc1ccco1)NC1CCCC(C(=O)O)C1. The first-order valence-corrected chi connectivity index (χ1v) is 6.69. The van der Waals surface area contributed by atoms with Crippen LogP contribution in [0.4, 0.5) is 0 Å². The minimum atomic E-state index is -0.755. The van der Waals surface area contributed by atoms with E-state index in [1.54, 1.807) is 12.3 Å². The van der Waals surface area contributed by atoms with Crippen LogP contribution in [0, 0.1) is 5.92 Å². The molecule has 1 aromatic heterocycles. The molecule has 0 spiro atoms. The van der Waals surface area contributed by atoms with Gasteiger partial charge in [0.15, 0.2) is 0 Å². The van der Waals surface area contributed by atoms with Crippen LogP contribution >= 0.6 is 0 Å². The van der Waals surface area contributed by atoms with E-state index in [0.717, 1.165) is 18.6 Å². The fourth-order valence-electron chi connectivity index (χ4n) is 2.54. The molecular formula is C14H19NO4. The lowest BCUT2D eigenvalue weighted by molar-refractivity contribution is -0.143. The highest BCUT2D eigenvalue weighted by Crippen LogP contribution is 2.24. The first kappa shape index (κ1) is 13.6. The molecule has 5 heteroatoms. The van der Waals surface area contributed by atoms with Crippen molar-refractivity contribution in [3.63, 3.8) is 0 Å². The van der Waals surface area contributed by atoms with Gasteiger partial charge in [-0.15, -0.1) is 0 Å². The number of hydrogen-bond donors (Lipinski definition) is 2. The molecule has 1 amide bonds. The number of hydrogen-bond acceptors (Lipinski definition) is 3. The van der Waals surface area contributed by atoms with Crippen molar-refractivity contribution in [1.29, 1.82) is 0 Å². The summed E-state index contributed by atoms with van der Waals surface area (Å²) in [6, 6.07) is 3.64.